The van der Waals surface area contributed by atoms with Crippen LogP contribution in [0.25, 0.3) is 0 Å². The Morgan fingerprint density at radius 2 is 1.49 bits per heavy atom. The van der Waals surface area contributed by atoms with Crippen molar-refractivity contribution in [2.45, 2.75) is 38.0 Å². The number of halogens is 3. The molecule has 0 aromatic heterocycles. The smallest absolute Gasteiger partial charge is 0.490 e. The van der Waals surface area contributed by atoms with Crippen LogP contribution in [0.1, 0.15) is 47.2 Å². The molecule has 2 aromatic carbocycles. The molecule has 2 aliphatic rings. The second-order valence-electron chi connectivity index (χ2n) is 9.65. The monoisotopic (exact) mass is 546 g/mol. The van der Waals surface area contributed by atoms with E-state index < -0.39 is 12.1 Å². The SMILES string of the molecule is COc1ccc(C#Cc2ccc(C(=O)N3CCCC(CN4CCC(O)CC4)C3)cc2)cc1.O=C(O)C(F)(F)F. The maximum absolute atomic E-state index is 13.1. The van der Waals surface area contributed by atoms with Crippen LogP contribution in [-0.4, -0.2) is 84.0 Å². The van der Waals surface area contributed by atoms with Gasteiger partial charge in [0.1, 0.15) is 5.75 Å². The molecule has 2 N–H and O–H groups in total. The van der Waals surface area contributed by atoms with Crippen LogP contribution in [-0.2, 0) is 4.79 Å². The molecule has 0 aliphatic carbocycles. The summed E-state index contributed by atoms with van der Waals surface area (Å²) in [4.78, 5) is 26.4. The van der Waals surface area contributed by atoms with Crippen molar-refractivity contribution in [3.63, 3.8) is 0 Å². The molecule has 2 heterocycles. The summed E-state index contributed by atoms with van der Waals surface area (Å²) in [5.74, 6) is 4.99. The molecule has 2 fully saturated rings. The van der Waals surface area contributed by atoms with Crippen LogP contribution in [0.4, 0.5) is 13.2 Å². The van der Waals surface area contributed by atoms with Gasteiger partial charge >= 0.3 is 12.1 Å². The maximum atomic E-state index is 13.1. The molecule has 210 valence electrons. The summed E-state index contributed by atoms with van der Waals surface area (Å²) in [5.41, 5.74) is 2.54. The number of carboxylic acid groups (broad SMARTS) is 1. The molecule has 7 nitrogen and oxygen atoms in total. The van der Waals surface area contributed by atoms with Crippen molar-refractivity contribution in [1.29, 1.82) is 0 Å². The van der Waals surface area contributed by atoms with Crippen molar-refractivity contribution < 1.29 is 37.7 Å². The Morgan fingerprint density at radius 3 is 2.00 bits per heavy atom. The Kier molecular flexibility index (Phi) is 10.8. The summed E-state index contributed by atoms with van der Waals surface area (Å²) in [6, 6.07) is 15.3. The topological polar surface area (TPSA) is 90.3 Å². The van der Waals surface area contributed by atoms with Gasteiger partial charge in [0.05, 0.1) is 13.2 Å². The summed E-state index contributed by atoms with van der Waals surface area (Å²) >= 11 is 0. The molecule has 2 saturated heterocycles. The number of carboxylic acids is 1. The number of alkyl halides is 3. The van der Waals surface area contributed by atoms with E-state index in [9.17, 15) is 23.1 Å². The molecular weight excluding hydrogens is 513 g/mol. The van der Waals surface area contributed by atoms with E-state index >= 15 is 0 Å². The molecule has 0 spiro atoms. The first kappa shape index (κ1) is 30.0. The molecule has 0 radical (unpaired) electrons. The molecule has 4 rings (SSSR count). The van der Waals surface area contributed by atoms with Crippen LogP contribution in [0.2, 0.25) is 0 Å². The van der Waals surface area contributed by atoms with Gasteiger partial charge in [0.2, 0.25) is 0 Å². The van der Waals surface area contributed by atoms with E-state index in [1.165, 1.54) is 6.42 Å². The zero-order chi connectivity index (χ0) is 28.4. The van der Waals surface area contributed by atoms with E-state index in [2.05, 4.69) is 16.7 Å². The van der Waals surface area contributed by atoms with Gasteiger partial charge in [0, 0.05) is 49.4 Å². The largest absolute Gasteiger partial charge is 0.497 e. The molecule has 1 atom stereocenters. The lowest BCUT2D eigenvalue weighted by molar-refractivity contribution is -0.192. The number of hydrogen-bond donors (Lipinski definition) is 2. The van der Waals surface area contributed by atoms with Crippen molar-refractivity contribution >= 4 is 11.9 Å². The van der Waals surface area contributed by atoms with E-state index in [0.29, 0.717) is 5.92 Å². The van der Waals surface area contributed by atoms with Crippen LogP contribution in [0.15, 0.2) is 48.5 Å². The van der Waals surface area contributed by atoms with Gasteiger partial charge in [-0.3, -0.25) is 4.79 Å². The molecule has 0 saturated carbocycles. The Labute approximate surface area is 226 Å². The predicted molar refractivity (Wildman–Crippen MR) is 139 cm³/mol. The summed E-state index contributed by atoms with van der Waals surface area (Å²) < 4.78 is 36.9. The fraction of sp³-hybridized carbons (Fsp3) is 0.448. The van der Waals surface area contributed by atoms with Gasteiger partial charge in [-0.25, -0.2) is 4.79 Å². The molecule has 10 heteroatoms. The molecule has 2 aromatic rings. The van der Waals surface area contributed by atoms with E-state index in [4.69, 9.17) is 14.6 Å². The summed E-state index contributed by atoms with van der Waals surface area (Å²) in [7, 11) is 1.65. The number of carbonyl (C=O) groups excluding carboxylic acids is 1. The van der Waals surface area contributed by atoms with Crippen LogP contribution in [0, 0.1) is 17.8 Å². The van der Waals surface area contributed by atoms with Crippen LogP contribution < -0.4 is 4.74 Å². The zero-order valence-corrected chi connectivity index (χ0v) is 21.8. The third kappa shape index (κ3) is 9.61. The number of aliphatic hydroxyl groups excluding tert-OH is 1. The van der Waals surface area contributed by atoms with E-state index in [1.54, 1.807) is 7.11 Å². The molecule has 39 heavy (non-hydrogen) atoms. The lowest BCUT2D eigenvalue weighted by Crippen LogP contribution is -2.45. The number of carbonyl (C=O) groups is 2. The number of aliphatic carboxylic acids is 1. The molecular formula is C29H33F3N2O5. The van der Waals surface area contributed by atoms with Gasteiger partial charge in [-0.2, -0.15) is 13.2 Å². The third-order valence-electron chi connectivity index (χ3n) is 6.70. The number of ether oxygens (including phenoxy) is 1. The Balaban J connectivity index is 0.000000532. The van der Waals surface area contributed by atoms with Crippen molar-refractivity contribution in [3.8, 4) is 17.6 Å². The normalized spacial score (nSPS) is 18.3. The van der Waals surface area contributed by atoms with Gasteiger partial charge in [-0.1, -0.05) is 11.8 Å². The van der Waals surface area contributed by atoms with Gasteiger partial charge in [0.25, 0.3) is 5.91 Å². The minimum Gasteiger partial charge on any atom is -0.497 e. The highest BCUT2D eigenvalue weighted by Crippen LogP contribution is 2.22. The number of hydrogen-bond acceptors (Lipinski definition) is 5. The summed E-state index contributed by atoms with van der Waals surface area (Å²) in [6.07, 6.45) is -1.27. The van der Waals surface area contributed by atoms with Crippen LogP contribution in [0.5, 0.6) is 5.75 Å². The first-order chi connectivity index (χ1) is 18.5. The van der Waals surface area contributed by atoms with Crippen molar-refractivity contribution in [2.75, 3.05) is 39.8 Å². The van der Waals surface area contributed by atoms with E-state index in [1.807, 2.05) is 53.4 Å². The number of amides is 1. The highest BCUT2D eigenvalue weighted by Gasteiger charge is 2.38. The average molecular weight is 547 g/mol. The molecule has 2 aliphatic heterocycles. The standard InChI is InChI=1S/C27H32N2O3.C2HF3O2/c1-32-26-12-8-22(9-13-26)5-4-21-6-10-24(11-7-21)27(31)29-16-2-3-23(20-29)19-28-17-14-25(30)15-18-28;3-2(4,5)1(6)7/h6-13,23,25,30H,2-3,14-20H2,1H3;(H,6,7). The quantitative estimate of drug-likeness (QED) is 0.563. The summed E-state index contributed by atoms with van der Waals surface area (Å²) in [5, 5.41) is 16.8. The maximum Gasteiger partial charge on any atom is 0.490 e. The fourth-order valence-electron chi connectivity index (χ4n) is 4.56. The van der Waals surface area contributed by atoms with E-state index in [0.717, 1.165) is 74.4 Å². The Hall–Kier alpha value is -3.55. The number of nitrogens with zero attached hydrogens (tertiary/aromatic N) is 2. The number of aliphatic hydroxyl groups is 1. The Bertz CT molecular complexity index is 1150. The highest BCUT2D eigenvalue weighted by atomic mass is 19.4. The minimum atomic E-state index is -5.08. The predicted octanol–water partition coefficient (Wildman–Crippen LogP) is 4.04. The number of piperidine rings is 2. The zero-order valence-electron chi connectivity index (χ0n) is 21.8. The molecule has 1 unspecified atom stereocenters. The van der Waals surface area contributed by atoms with Gasteiger partial charge in [0.15, 0.2) is 0 Å². The van der Waals surface area contributed by atoms with Crippen molar-refractivity contribution in [2.24, 2.45) is 5.92 Å². The van der Waals surface area contributed by atoms with Crippen molar-refractivity contribution in [1.82, 2.24) is 9.80 Å². The van der Waals surface area contributed by atoms with Gasteiger partial charge in [-0.05, 0) is 80.1 Å². The first-order valence-electron chi connectivity index (χ1n) is 12.8. The van der Waals surface area contributed by atoms with Crippen molar-refractivity contribution in [3.05, 3.63) is 65.2 Å². The first-order valence-corrected chi connectivity index (χ1v) is 12.8. The average Bonchev–Trinajstić information content (AvgIpc) is 2.93. The summed E-state index contributed by atoms with van der Waals surface area (Å²) in [6.45, 7) is 4.59. The van der Waals surface area contributed by atoms with Gasteiger partial charge in [-0.15, -0.1) is 0 Å². The van der Waals surface area contributed by atoms with Crippen LogP contribution >= 0.6 is 0 Å². The lowest BCUT2D eigenvalue weighted by Gasteiger charge is -2.37. The second-order valence-corrected chi connectivity index (χ2v) is 9.65. The second kappa shape index (κ2) is 14.0. The highest BCUT2D eigenvalue weighted by molar-refractivity contribution is 5.94. The Morgan fingerprint density at radius 1 is 0.949 bits per heavy atom. The van der Waals surface area contributed by atoms with Crippen LogP contribution in [0.3, 0.4) is 0 Å². The number of methoxy groups -OCH3 is 1. The van der Waals surface area contributed by atoms with E-state index in [-0.39, 0.29) is 12.0 Å². The van der Waals surface area contributed by atoms with Gasteiger partial charge < -0.3 is 24.7 Å². The fourth-order valence-corrected chi connectivity index (χ4v) is 4.56. The number of rotatable bonds is 4. The molecule has 1 amide bonds. The lowest BCUT2D eigenvalue weighted by atomic mass is 9.95. The molecule has 0 bridgehead atoms. The third-order valence-corrected chi connectivity index (χ3v) is 6.70. The number of likely N-dealkylation sites (tertiary alicyclic amines) is 2. The minimum absolute atomic E-state index is 0.110. The number of benzene rings is 2.